The van der Waals surface area contributed by atoms with Crippen LogP contribution in [0.1, 0.15) is 22.7 Å². The van der Waals surface area contributed by atoms with E-state index in [1.807, 2.05) is 30.3 Å². The van der Waals surface area contributed by atoms with Crippen LogP contribution in [0.4, 0.5) is 4.79 Å². The predicted octanol–water partition coefficient (Wildman–Crippen LogP) is 2.31. The van der Waals surface area contributed by atoms with Crippen LogP contribution in [0.3, 0.4) is 0 Å². The van der Waals surface area contributed by atoms with Crippen LogP contribution in [0.25, 0.3) is 0 Å². The molecule has 0 aromatic heterocycles. The summed E-state index contributed by atoms with van der Waals surface area (Å²) < 4.78 is 0. The number of nitrogens with zero attached hydrogens (tertiary/aromatic N) is 2. The van der Waals surface area contributed by atoms with Crippen LogP contribution in [-0.4, -0.2) is 55.0 Å². The second-order valence-electron chi connectivity index (χ2n) is 7.12. The Balaban J connectivity index is 1.68. The lowest BCUT2D eigenvalue weighted by atomic mass is 10.0. The molecule has 6 heteroatoms. The molecule has 6 nitrogen and oxygen atoms in total. The van der Waals surface area contributed by atoms with Gasteiger partial charge in [-0.25, -0.2) is 4.79 Å². The smallest absolute Gasteiger partial charge is 0.321 e. The lowest BCUT2D eigenvalue weighted by molar-refractivity contribution is -0.126. The minimum atomic E-state index is -0.482. The number of piperazine rings is 1. The minimum absolute atomic E-state index is 0.294. The molecule has 1 fully saturated rings. The standard InChI is InChI=1S/C22H28N4O2/c1-17-8-6-7-11-19(17)16-25-12-14-26(15-13-25)20(18-9-4-3-5-10-18)21(27)24-22(28)23-2/h3-11,20H,12-16H2,1-2H3,(H2,23,24,27,28)/t20-/m1/s1. The third kappa shape index (κ3) is 4.97. The fourth-order valence-corrected chi connectivity index (χ4v) is 3.61. The summed E-state index contributed by atoms with van der Waals surface area (Å²) in [5, 5.41) is 4.89. The van der Waals surface area contributed by atoms with Gasteiger partial charge in [0.05, 0.1) is 0 Å². The fraction of sp³-hybridized carbons (Fsp3) is 0.364. The van der Waals surface area contributed by atoms with Crippen molar-refractivity contribution in [3.05, 3.63) is 71.3 Å². The van der Waals surface area contributed by atoms with Gasteiger partial charge in [-0.3, -0.25) is 19.9 Å². The summed E-state index contributed by atoms with van der Waals surface area (Å²) in [5.41, 5.74) is 3.54. The van der Waals surface area contributed by atoms with E-state index in [1.54, 1.807) is 0 Å². The molecule has 148 valence electrons. The van der Waals surface area contributed by atoms with E-state index in [1.165, 1.54) is 18.2 Å². The lowest BCUT2D eigenvalue weighted by Crippen LogP contribution is -2.52. The number of amides is 3. The van der Waals surface area contributed by atoms with Gasteiger partial charge >= 0.3 is 6.03 Å². The molecule has 2 aromatic carbocycles. The van der Waals surface area contributed by atoms with Crippen molar-refractivity contribution in [1.29, 1.82) is 0 Å². The average Bonchev–Trinajstić information content (AvgIpc) is 2.72. The summed E-state index contributed by atoms with van der Waals surface area (Å²) in [6.07, 6.45) is 0. The van der Waals surface area contributed by atoms with Crippen LogP contribution in [0.15, 0.2) is 54.6 Å². The Labute approximate surface area is 166 Å². The Kier molecular flexibility index (Phi) is 6.79. The van der Waals surface area contributed by atoms with E-state index in [0.717, 1.165) is 38.3 Å². The van der Waals surface area contributed by atoms with E-state index >= 15 is 0 Å². The van der Waals surface area contributed by atoms with Gasteiger partial charge in [0.2, 0.25) is 5.91 Å². The molecule has 3 rings (SSSR count). The zero-order valence-electron chi connectivity index (χ0n) is 16.5. The molecule has 0 spiro atoms. The Morgan fingerprint density at radius 2 is 1.61 bits per heavy atom. The monoisotopic (exact) mass is 380 g/mol. The maximum absolute atomic E-state index is 12.8. The van der Waals surface area contributed by atoms with Gasteiger partial charge in [-0.05, 0) is 23.6 Å². The van der Waals surface area contributed by atoms with Crippen molar-refractivity contribution in [2.75, 3.05) is 33.2 Å². The fourth-order valence-electron chi connectivity index (χ4n) is 3.61. The van der Waals surface area contributed by atoms with Crippen molar-refractivity contribution < 1.29 is 9.59 Å². The zero-order valence-corrected chi connectivity index (χ0v) is 16.5. The molecule has 0 saturated carbocycles. The molecule has 1 atom stereocenters. The van der Waals surface area contributed by atoms with Gasteiger partial charge in [0.15, 0.2) is 0 Å². The summed E-state index contributed by atoms with van der Waals surface area (Å²) in [5.74, 6) is -0.294. The van der Waals surface area contributed by atoms with Crippen LogP contribution in [-0.2, 0) is 11.3 Å². The number of benzene rings is 2. The molecule has 2 N–H and O–H groups in total. The number of imide groups is 1. The molecule has 1 heterocycles. The van der Waals surface area contributed by atoms with Gasteiger partial charge in [-0.1, -0.05) is 54.6 Å². The molecule has 3 amide bonds. The molecule has 0 aliphatic carbocycles. The van der Waals surface area contributed by atoms with Crippen molar-refractivity contribution in [3.8, 4) is 0 Å². The minimum Gasteiger partial charge on any atom is -0.341 e. The highest BCUT2D eigenvalue weighted by Crippen LogP contribution is 2.23. The first-order valence-electron chi connectivity index (χ1n) is 9.67. The van der Waals surface area contributed by atoms with E-state index < -0.39 is 12.1 Å². The van der Waals surface area contributed by atoms with E-state index in [-0.39, 0.29) is 5.91 Å². The summed E-state index contributed by atoms with van der Waals surface area (Å²) in [6.45, 7) is 6.36. The molecule has 2 aromatic rings. The number of hydrogen-bond donors (Lipinski definition) is 2. The Morgan fingerprint density at radius 3 is 2.25 bits per heavy atom. The molecule has 1 aliphatic heterocycles. The maximum Gasteiger partial charge on any atom is 0.321 e. The molecular formula is C22H28N4O2. The van der Waals surface area contributed by atoms with Crippen LogP contribution >= 0.6 is 0 Å². The molecule has 1 aliphatic rings. The second kappa shape index (κ2) is 9.48. The number of carbonyl (C=O) groups excluding carboxylic acids is 2. The number of urea groups is 1. The quantitative estimate of drug-likeness (QED) is 0.836. The Hall–Kier alpha value is -2.70. The molecule has 0 unspecified atom stereocenters. The summed E-state index contributed by atoms with van der Waals surface area (Å²) in [4.78, 5) is 29.0. The van der Waals surface area contributed by atoms with E-state index in [9.17, 15) is 9.59 Å². The normalized spacial score (nSPS) is 16.4. The average molecular weight is 380 g/mol. The van der Waals surface area contributed by atoms with Crippen molar-refractivity contribution in [1.82, 2.24) is 20.4 Å². The van der Waals surface area contributed by atoms with Gasteiger partial charge < -0.3 is 5.32 Å². The van der Waals surface area contributed by atoms with Crippen molar-refractivity contribution >= 4 is 11.9 Å². The van der Waals surface area contributed by atoms with Crippen molar-refractivity contribution in [2.24, 2.45) is 0 Å². The van der Waals surface area contributed by atoms with E-state index in [4.69, 9.17) is 0 Å². The number of nitrogens with one attached hydrogen (secondary N) is 2. The lowest BCUT2D eigenvalue weighted by Gasteiger charge is -2.38. The highest BCUT2D eigenvalue weighted by Gasteiger charge is 2.31. The van der Waals surface area contributed by atoms with E-state index in [2.05, 4.69) is 51.6 Å². The van der Waals surface area contributed by atoms with Gasteiger partial charge in [-0.2, -0.15) is 0 Å². The molecule has 0 radical (unpaired) electrons. The first-order chi connectivity index (χ1) is 13.6. The first-order valence-corrected chi connectivity index (χ1v) is 9.67. The predicted molar refractivity (Wildman–Crippen MR) is 110 cm³/mol. The molecular weight excluding hydrogens is 352 g/mol. The van der Waals surface area contributed by atoms with Crippen molar-refractivity contribution in [2.45, 2.75) is 19.5 Å². The summed E-state index contributed by atoms with van der Waals surface area (Å²) in [7, 11) is 1.50. The first kappa shape index (κ1) is 20.0. The van der Waals surface area contributed by atoms with Gasteiger partial charge in [0, 0.05) is 39.8 Å². The topological polar surface area (TPSA) is 64.7 Å². The largest absolute Gasteiger partial charge is 0.341 e. The van der Waals surface area contributed by atoms with Gasteiger partial charge in [0.25, 0.3) is 0 Å². The summed E-state index contributed by atoms with van der Waals surface area (Å²) in [6, 6.07) is 17.1. The number of hydrogen-bond acceptors (Lipinski definition) is 4. The van der Waals surface area contributed by atoms with E-state index in [0.29, 0.717) is 0 Å². The number of rotatable bonds is 5. The van der Waals surface area contributed by atoms with Crippen LogP contribution in [0.2, 0.25) is 0 Å². The van der Waals surface area contributed by atoms with Crippen LogP contribution in [0, 0.1) is 6.92 Å². The maximum atomic E-state index is 12.8. The van der Waals surface area contributed by atoms with Crippen LogP contribution < -0.4 is 10.6 Å². The SMILES string of the molecule is CNC(=O)NC(=O)[C@@H](c1ccccc1)N1CCN(Cc2ccccc2C)CC1. The molecule has 1 saturated heterocycles. The van der Waals surface area contributed by atoms with Gasteiger partial charge in [-0.15, -0.1) is 0 Å². The molecule has 0 bridgehead atoms. The van der Waals surface area contributed by atoms with Crippen LogP contribution in [0.5, 0.6) is 0 Å². The van der Waals surface area contributed by atoms with Gasteiger partial charge in [0.1, 0.15) is 6.04 Å². The number of carbonyl (C=O) groups is 2. The highest BCUT2D eigenvalue weighted by molar-refractivity contribution is 5.97. The highest BCUT2D eigenvalue weighted by atomic mass is 16.2. The Bertz CT molecular complexity index is 801. The third-order valence-corrected chi connectivity index (χ3v) is 5.25. The second-order valence-corrected chi connectivity index (χ2v) is 7.12. The summed E-state index contributed by atoms with van der Waals surface area (Å²) >= 11 is 0. The van der Waals surface area contributed by atoms with Crippen molar-refractivity contribution in [3.63, 3.8) is 0 Å². The third-order valence-electron chi connectivity index (χ3n) is 5.25. The Morgan fingerprint density at radius 1 is 0.964 bits per heavy atom. The zero-order chi connectivity index (χ0) is 19.9. The number of aryl methyl sites for hydroxylation is 1. The molecule has 28 heavy (non-hydrogen) atoms.